The van der Waals surface area contributed by atoms with E-state index in [2.05, 4.69) is 51.4 Å². The van der Waals surface area contributed by atoms with Gasteiger partial charge in [0, 0.05) is 25.3 Å². The minimum absolute atomic E-state index is 0.0853. The highest BCUT2D eigenvalue weighted by Gasteiger charge is 2.32. The second-order valence-corrected chi connectivity index (χ2v) is 10.7. The van der Waals surface area contributed by atoms with E-state index in [4.69, 9.17) is 4.74 Å². The number of tetrazole rings is 1. The molecule has 0 radical (unpaired) electrons. The summed E-state index contributed by atoms with van der Waals surface area (Å²) in [6, 6.07) is 12.4. The maximum absolute atomic E-state index is 13.5. The van der Waals surface area contributed by atoms with Gasteiger partial charge in [0.05, 0.1) is 24.2 Å². The van der Waals surface area contributed by atoms with E-state index in [9.17, 15) is 9.18 Å². The number of pyridine rings is 1. The summed E-state index contributed by atoms with van der Waals surface area (Å²) in [6.07, 6.45) is 2.10. The van der Waals surface area contributed by atoms with Gasteiger partial charge in [0.15, 0.2) is 5.82 Å². The zero-order valence-electron chi connectivity index (χ0n) is 22.4. The van der Waals surface area contributed by atoms with Crippen LogP contribution in [0, 0.1) is 25.6 Å². The van der Waals surface area contributed by atoms with Crippen LogP contribution in [0.1, 0.15) is 60.8 Å². The Bertz CT molecular complexity index is 1460. The number of H-pyrrole nitrogens is 1. The quantitative estimate of drug-likeness (QED) is 0.346. The molecule has 1 fully saturated rings. The van der Waals surface area contributed by atoms with Crippen molar-refractivity contribution in [1.29, 1.82) is 0 Å². The van der Waals surface area contributed by atoms with Gasteiger partial charge in [-0.25, -0.2) is 9.07 Å². The first-order valence-electron chi connectivity index (χ1n) is 13.3. The van der Waals surface area contributed by atoms with Crippen molar-refractivity contribution < 1.29 is 9.13 Å². The highest BCUT2D eigenvalue weighted by molar-refractivity contribution is 5.83. The van der Waals surface area contributed by atoms with Gasteiger partial charge < -0.3 is 9.72 Å². The first kappa shape index (κ1) is 26.2. The smallest absolute Gasteiger partial charge is 0.252 e. The summed E-state index contributed by atoms with van der Waals surface area (Å²) in [7, 11) is 0. The third kappa shape index (κ3) is 5.54. The molecule has 0 unspecified atom stereocenters. The zero-order chi connectivity index (χ0) is 26.8. The average molecular weight is 519 g/mol. The Labute approximate surface area is 221 Å². The number of aryl methyl sites for hydroxylation is 2. The number of fused-ring (bicyclic) bond motifs is 1. The summed E-state index contributed by atoms with van der Waals surface area (Å²) in [5.74, 6) is 0.587. The summed E-state index contributed by atoms with van der Waals surface area (Å²) in [5, 5.41) is 13.7. The lowest BCUT2D eigenvalue weighted by molar-refractivity contribution is 0.0385. The van der Waals surface area contributed by atoms with Gasteiger partial charge in [0.25, 0.3) is 5.56 Å². The molecule has 0 saturated carbocycles. The Balaban J connectivity index is 1.51. The van der Waals surface area contributed by atoms with E-state index in [0.29, 0.717) is 31.0 Å². The molecule has 3 heterocycles. The molecule has 0 spiro atoms. The van der Waals surface area contributed by atoms with Crippen molar-refractivity contribution >= 4 is 10.9 Å². The van der Waals surface area contributed by atoms with Crippen molar-refractivity contribution in [2.45, 2.75) is 65.8 Å². The molecule has 2 aromatic carbocycles. The van der Waals surface area contributed by atoms with Crippen LogP contribution in [0.15, 0.2) is 47.3 Å². The molecule has 38 heavy (non-hydrogen) atoms. The third-order valence-corrected chi connectivity index (χ3v) is 7.56. The van der Waals surface area contributed by atoms with Crippen molar-refractivity contribution in [3.8, 4) is 0 Å². The number of aromatic amines is 1. The maximum Gasteiger partial charge on any atom is 0.252 e. The van der Waals surface area contributed by atoms with Crippen LogP contribution >= 0.6 is 0 Å². The molecule has 1 aliphatic rings. The second kappa shape index (κ2) is 11.1. The number of ether oxygens (including phenoxy) is 1. The summed E-state index contributed by atoms with van der Waals surface area (Å²) < 4.78 is 21.3. The molecule has 1 saturated heterocycles. The van der Waals surface area contributed by atoms with Crippen LogP contribution in [-0.2, 0) is 17.8 Å². The molecular formula is C29H35FN6O2. The van der Waals surface area contributed by atoms with E-state index >= 15 is 0 Å². The standard InChI is InChI=1S/C29H35FN6O2/c1-18(2)27(28-32-33-34-36(28)15-21-8-11-24(30)12-9-21)35(17-25-6-5-13-38-25)16-23-14-22-10-7-19(3)20(4)26(22)31-29(23)37/h7-12,14,18,25,27H,5-6,13,15-17H2,1-4H3,(H,31,37)/t25-,27-/m1/s1. The Hall–Kier alpha value is -3.43. The number of halogens is 1. The minimum atomic E-state index is -0.278. The van der Waals surface area contributed by atoms with Crippen LogP contribution < -0.4 is 5.56 Å². The van der Waals surface area contributed by atoms with E-state index in [0.717, 1.165) is 47.0 Å². The Morgan fingerprint density at radius 1 is 1.18 bits per heavy atom. The molecule has 0 amide bonds. The van der Waals surface area contributed by atoms with Crippen LogP contribution in [0.5, 0.6) is 0 Å². The van der Waals surface area contributed by atoms with E-state index in [1.54, 1.807) is 16.8 Å². The normalized spacial score (nSPS) is 16.7. The number of hydrogen-bond donors (Lipinski definition) is 1. The van der Waals surface area contributed by atoms with Crippen molar-refractivity contribution in [1.82, 2.24) is 30.1 Å². The van der Waals surface area contributed by atoms with Crippen LogP contribution in [0.2, 0.25) is 0 Å². The number of nitrogens with zero attached hydrogens (tertiary/aromatic N) is 5. The number of nitrogens with one attached hydrogen (secondary N) is 1. The lowest BCUT2D eigenvalue weighted by Gasteiger charge is -2.35. The summed E-state index contributed by atoms with van der Waals surface area (Å²) in [4.78, 5) is 18.7. The minimum Gasteiger partial charge on any atom is -0.377 e. The third-order valence-electron chi connectivity index (χ3n) is 7.56. The van der Waals surface area contributed by atoms with Gasteiger partial charge in [-0.05, 0) is 83.3 Å². The lowest BCUT2D eigenvalue weighted by Crippen LogP contribution is -2.40. The summed E-state index contributed by atoms with van der Waals surface area (Å²) >= 11 is 0. The number of hydrogen-bond acceptors (Lipinski definition) is 6. The van der Waals surface area contributed by atoms with E-state index in [1.807, 2.05) is 19.9 Å². The highest BCUT2D eigenvalue weighted by atomic mass is 19.1. The molecule has 0 bridgehead atoms. The monoisotopic (exact) mass is 518 g/mol. The van der Waals surface area contributed by atoms with Crippen molar-refractivity contribution in [3.63, 3.8) is 0 Å². The van der Waals surface area contributed by atoms with Crippen LogP contribution in [0.3, 0.4) is 0 Å². The molecule has 2 atom stereocenters. The molecule has 1 aliphatic heterocycles. The first-order valence-corrected chi connectivity index (χ1v) is 13.3. The van der Waals surface area contributed by atoms with Crippen molar-refractivity contribution in [2.24, 2.45) is 5.92 Å². The number of rotatable bonds is 9. The molecule has 1 N–H and O–H groups in total. The van der Waals surface area contributed by atoms with Gasteiger partial charge in [0.1, 0.15) is 5.82 Å². The summed E-state index contributed by atoms with van der Waals surface area (Å²) in [5.41, 5.74) is 4.63. The Kier molecular flexibility index (Phi) is 7.67. The molecular weight excluding hydrogens is 483 g/mol. The fourth-order valence-electron chi connectivity index (χ4n) is 5.41. The number of aromatic nitrogens is 5. The first-order chi connectivity index (χ1) is 18.3. The van der Waals surface area contributed by atoms with Gasteiger partial charge in [-0.15, -0.1) is 5.10 Å². The fraction of sp³-hybridized carbons (Fsp3) is 0.448. The molecule has 2 aromatic heterocycles. The Morgan fingerprint density at radius 3 is 2.68 bits per heavy atom. The van der Waals surface area contributed by atoms with Gasteiger partial charge >= 0.3 is 0 Å². The predicted molar refractivity (Wildman–Crippen MR) is 144 cm³/mol. The van der Waals surface area contributed by atoms with Gasteiger partial charge in [-0.2, -0.15) is 0 Å². The highest BCUT2D eigenvalue weighted by Crippen LogP contribution is 2.31. The van der Waals surface area contributed by atoms with Gasteiger partial charge in [-0.1, -0.05) is 38.1 Å². The summed E-state index contributed by atoms with van der Waals surface area (Å²) in [6.45, 7) is 10.6. The molecule has 5 rings (SSSR count). The molecule has 8 nitrogen and oxygen atoms in total. The molecule has 0 aliphatic carbocycles. The average Bonchev–Trinajstić information content (AvgIpc) is 3.56. The largest absolute Gasteiger partial charge is 0.377 e. The van der Waals surface area contributed by atoms with E-state index < -0.39 is 0 Å². The van der Waals surface area contributed by atoms with Crippen molar-refractivity contribution in [3.05, 3.63) is 86.7 Å². The van der Waals surface area contributed by atoms with Gasteiger partial charge in [-0.3, -0.25) is 9.69 Å². The maximum atomic E-state index is 13.5. The molecule has 9 heteroatoms. The zero-order valence-corrected chi connectivity index (χ0v) is 22.4. The topological polar surface area (TPSA) is 88.9 Å². The predicted octanol–water partition coefficient (Wildman–Crippen LogP) is 4.70. The molecule has 200 valence electrons. The van der Waals surface area contributed by atoms with Crippen LogP contribution in [0.4, 0.5) is 4.39 Å². The fourth-order valence-corrected chi connectivity index (χ4v) is 5.41. The second-order valence-electron chi connectivity index (χ2n) is 10.7. The van der Waals surface area contributed by atoms with Gasteiger partial charge in [0.2, 0.25) is 0 Å². The lowest BCUT2D eigenvalue weighted by atomic mass is 9.99. The number of benzene rings is 2. The van der Waals surface area contributed by atoms with E-state index in [1.165, 1.54) is 12.1 Å². The SMILES string of the molecule is Cc1ccc2cc(CN(C[C@H]3CCCO3)[C@@H](c3nnnn3Cc3ccc(F)cc3)C(C)C)c(=O)[nH]c2c1C. The van der Waals surface area contributed by atoms with Crippen LogP contribution in [-0.4, -0.2) is 49.3 Å². The van der Waals surface area contributed by atoms with Crippen LogP contribution in [0.25, 0.3) is 10.9 Å². The Morgan fingerprint density at radius 2 is 1.97 bits per heavy atom. The molecule has 4 aromatic rings. The van der Waals surface area contributed by atoms with E-state index in [-0.39, 0.29) is 29.4 Å². The van der Waals surface area contributed by atoms with Crippen molar-refractivity contribution in [2.75, 3.05) is 13.2 Å².